The zero-order chi connectivity index (χ0) is 14.9. The van der Waals surface area contributed by atoms with Crippen LogP contribution in [0.2, 0.25) is 0 Å². The smallest absolute Gasteiger partial charge is 0.163 e. The van der Waals surface area contributed by atoms with E-state index in [-0.39, 0.29) is 5.75 Å². The molecule has 106 valence electrons. The summed E-state index contributed by atoms with van der Waals surface area (Å²) in [6.45, 7) is 0. The summed E-state index contributed by atoms with van der Waals surface area (Å²) in [4.78, 5) is 4.45. The van der Waals surface area contributed by atoms with E-state index in [0.717, 1.165) is 28.0 Å². The SMILES string of the molecule is Oc1cccc(-n2nc(-c3ccccc3)c3cccnc32)c1. The van der Waals surface area contributed by atoms with Gasteiger partial charge < -0.3 is 5.11 Å². The maximum atomic E-state index is 9.71. The molecule has 22 heavy (non-hydrogen) atoms. The Hall–Kier alpha value is -3.14. The number of hydrogen-bond acceptors (Lipinski definition) is 3. The second-order valence-corrected chi connectivity index (χ2v) is 5.02. The van der Waals surface area contributed by atoms with Crippen molar-refractivity contribution in [1.82, 2.24) is 14.8 Å². The van der Waals surface area contributed by atoms with Gasteiger partial charge in [0.1, 0.15) is 11.4 Å². The van der Waals surface area contributed by atoms with Crippen molar-refractivity contribution in [3.05, 3.63) is 72.9 Å². The van der Waals surface area contributed by atoms with Crippen molar-refractivity contribution in [2.75, 3.05) is 0 Å². The Morgan fingerprint density at radius 3 is 2.55 bits per heavy atom. The van der Waals surface area contributed by atoms with E-state index in [1.165, 1.54) is 0 Å². The molecule has 0 aliphatic rings. The van der Waals surface area contributed by atoms with E-state index in [4.69, 9.17) is 5.10 Å². The van der Waals surface area contributed by atoms with Crippen molar-refractivity contribution in [2.24, 2.45) is 0 Å². The summed E-state index contributed by atoms with van der Waals surface area (Å²) in [7, 11) is 0. The molecule has 0 fully saturated rings. The first-order valence-corrected chi connectivity index (χ1v) is 7.01. The topological polar surface area (TPSA) is 50.9 Å². The van der Waals surface area contributed by atoms with Crippen LogP contribution >= 0.6 is 0 Å². The van der Waals surface area contributed by atoms with Crippen LogP contribution in [0.5, 0.6) is 5.75 Å². The third-order valence-electron chi connectivity index (χ3n) is 3.56. The molecule has 4 aromatic rings. The van der Waals surface area contributed by atoms with Crippen molar-refractivity contribution >= 4 is 11.0 Å². The standard InChI is InChI=1S/C18H13N3O/c22-15-9-4-8-14(12-15)21-18-16(10-5-11-19-18)17(20-21)13-6-2-1-3-7-13/h1-12,22H. The molecule has 0 atom stereocenters. The zero-order valence-corrected chi connectivity index (χ0v) is 11.7. The van der Waals surface area contributed by atoms with Crippen molar-refractivity contribution in [3.8, 4) is 22.7 Å². The van der Waals surface area contributed by atoms with Crippen LogP contribution in [0.15, 0.2) is 72.9 Å². The fourth-order valence-corrected chi connectivity index (χ4v) is 2.57. The van der Waals surface area contributed by atoms with Crippen LogP contribution in [-0.4, -0.2) is 19.9 Å². The Balaban J connectivity index is 2.01. The van der Waals surface area contributed by atoms with Crippen LogP contribution in [0.4, 0.5) is 0 Å². The molecule has 2 aromatic heterocycles. The number of benzene rings is 2. The second kappa shape index (κ2) is 5.00. The van der Waals surface area contributed by atoms with Crippen molar-refractivity contribution < 1.29 is 5.11 Å². The Kier molecular flexibility index (Phi) is 2.86. The first-order valence-electron chi connectivity index (χ1n) is 7.01. The molecule has 0 spiro atoms. The largest absolute Gasteiger partial charge is 0.508 e. The van der Waals surface area contributed by atoms with Crippen LogP contribution in [0, 0.1) is 0 Å². The van der Waals surface area contributed by atoms with Crippen LogP contribution in [-0.2, 0) is 0 Å². The van der Waals surface area contributed by atoms with Gasteiger partial charge in [0, 0.05) is 23.2 Å². The van der Waals surface area contributed by atoms with Crippen LogP contribution in [0.1, 0.15) is 0 Å². The zero-order valence-electron chi connectivity index (χ0n) is 11.7. The van der Waals surface area contributed by atoms with Crippen LogP contribution < -0.4 is 0 Å². The number of phenolic OH excluding ortho intramolecular Hbond substituents is 1. The predicted octanol–water partition coefficient (Wildman–Crippen LogP) is 3.79. The van der Waals surface area contributed by atoms with Gasteiger partial charge >= 0.3 is 0 Å². The summed E-state index contributed by atoms with van der Waals surface area (Å²) < 4.78 is 1.76. The van der Waals surface area contributed by atoms with Crippen molar-refractivity contribution in [1.29, 1.82) is 0 Å². The molecule has 0 saturated heterocycles. The van der Waals surface area contributed by atoms with Crippen LogP contribution in [0.3, 0.4) is 0 Å². The Morgan fingerprint density at radius 1 is 0.864 bits per heavy atom. The number of hydrogen-bond donors (Lipinski definition) is 1. The summed E-state index contributed by atoms with van der Waals surface area (Å²) >= 11 is 0. The third kappa shape index (κ3) is 2.02. The highest BCUT2D eigenvalue weighted by Crippen LogP contribution is 2.29. The number of aromatic hydroxyl groups is 1. The van der Waals surface area contributed by atoms with E-state index in [9.17, 15) is 5.11 Å². The quantitative estimate of drug-likeness (QED) is 0.610. The molecular weight excluding hydrogens is 274 g/mol. The molecule has 0 amide bonds. The maximum Gasteiger partial charge on any atom is 0.163 e. The van der Waals surface area contributed by atoms with Gasteiger partial charge in [-0.2, -0.15) is 5.10 Å². The molecule has 0 radical (unpaired) electrons. The highest BCUT2D eigenvalue weighted by Gasteiger charge is 2.14. The summed E-state index contributed by atoms with van der Waals surface area (Å²) in [5, 5.41) is 15.4. The normalized spacial score (nSPS) is 10.9. The summed E-state index contributed by atoms with van der Waals surface area (Å²) in [6, 6.07) is 20.9. The molecule has 4 rings (SSSR count). The second-order valence-electron chi connectivity index (χ2n) is 5.02. The Labute approximate surface area is 127 Å². The molecule has 4 heteroatoms. The van der Waals surface area contributed by atoms with Gasteiger partial charge in [0.15, 0.2) is 5.65 Å². The number of rotatable bonds is 2. The molecule has 1 N–H and O–H groups in total. The van der Waals surface area contributed by atoms with E-state index < -0.39 is 0 Å². The van der Waals surface area contributed by atoms with E-state index in [2.05, 4.69) is 4.98 Å². The number of aromatic nitrogens is 3. The monoisotopic (exact) mass is 287 g/mol. The molecule has 4 nitrogen and oxygen atoms in total. The van der Waals surface area contributed by atoms with Gasteiger partial charge in [0.2, 0.25) is 0 Å². The molecule has 2 heterocycles. The summed E-state index contributed by atoms with van der Waals surface area (Å²) in [5.41, 5.74) is 3.48. The first kappa shape index (κ1) is 12.6. The van der Waals surface area contributed by atoms with Crippen molar-refractivity contribution in [2.45, 2.75) is 0 Å². The van der Waals surface area contributed by atoms with E-state index >= 15 is 0 Å². The minimum Gasteiger partial charge on any atom is -0.508 e. The first-order chi connectivity index (χ1) is 10.8. The lowest BCUT2D eigenvalue weighted by Gasteiger charge is -2.02. The minimum atomic E-state index is 0.207. The van der Waals surface area contributed by atoms with E-state index in [0.29, 0.717) is 0 Å². The molecule has 2 aromatic carbocycles. The highest BCUT2D eigenvalue weighted by molar-refractivity contribution is 5.91. The molecule has 0 aliphatic heterocycles. The highest BCUT2D eigenvalue weighted by atomic mass is 16.3. The number of pyridine rings is 1. The lowest BCUT2D eigenvalue weighted by molar-refractivity contribution is 0.475. The van der Waals surface area contributed by atoms with Gasteiger partial charge in [-0.3, -0.25) is 0 Å². The van der Waals surface area contributed by atoms with Gasteiger partial charge in [-0.15, -0.1) is 0 Å². The Morgan fingerprint density at radius 2 is 1.73 bits per heavy atom. The summed E-state index contributed by atoms with van der Waals surface area (Å²) in [6.07, 6.45) is 1.75. The molecule has 0 bridgehead atoms. The average molecular weight is 287 g/mol. The molecule has 0 aliphatic carbocycles. The lowest BCUT2D eigenvalue weighted by atomic mass is 10.1. The van der Waals surface area contributed by atoms with Crippen LogP contribution in [0.25, 0.3) is 28.0 Å². The van der Waals surface area contributed by atoms with E-state index in [1.807, 2.05) is 48.5 Å². The fraction of sp³-hybridized carbons (Fsp3) is 0. The van der Waals surface area contributed by atoms with Gasteiger partial charge in [-0.25, -0.2) is 9.67 Å². The fourth-order valence-electron chi connectivity index (χ4n) is 2.57. The van der Waals surface area contributed by atoms with Gasteiger partial charge in [-0.1, -0.05) is 36.4 Å². The van der Waals surface area contributed by atoms with E-state index in [1.54, 1.807) is 29.1 Å². The average Bonchev–Trinajstić information content (AvgIpc) is 2.95. The summed E-state index contributed by atoms with van der Waals surface area (Å²) in [5.74, 6) is 0.207. The Bertz CT molecular complexity index is 945. The lowest BCUT2D eigenvalue weighted by Crippen LogP contribution is -1.97. The maximum absolute atomic E-state index is 9.71. The third-order valence-corrected chi connectivity index (χ3v) is 3.56. The van der Waals surface area contributed by atoms with Gasteiger partial charge in [0.25, 0.3) is 0 Å². The van der Waals surface area contributed by atoms with Gasteiger partial charge in [0.05, 0.1) is 5.69 Å². The number of nitrogens with zero attached hydrogens (tertiary/aromatic N) is 3. The minimum absolute atomic E-state index is 0.207. The molecular formula is C18H13N3O. The molecule has 0 saturated carbocycles. The van der Waals surface area contributed by atoms with Gasteiger partial charge in [-0.05, 0) is 24.3 Å². The number of fused-ring (bicyclic) bond motifs is 1. The molecule has 0 unspecified atom stereocenters. The predicted molar refractivity (Wildman–Crippen MR) is 86.0 cm³/mol. The number of phenols is 1. The van der Waals surface area contributed by atoms with Crippen molar-refractivity contribution in [3.63, 3.8) is 0 Å².